The van der Waals surface area contributed by atoms with Gasteiger partial charge in [-0.2, -0.15) is 23.4 Å². The van der Waals surface area contributed by atoms with Crippen molar-refractivity contribution in [3.8, 4) is 16.9 Å². The van der Waals surface area contributed by atoms with E-state index < -0.39 is 17.7 Å². The Hall–Kier alpha value is -3.10. The van der Waals surface area contributed by atoms with E-state index in [4.69, 9.17) is 4.74 Å². The molecule has 0 atom stereocenters. The van der Waals surface area contributed by atoms with Crippen LogP contribution >= 0.6 is 0 Å². The van der Waals surface area contributed by atoms with Crippen molar-refractivity contribution < 1.29 is 22.7 Å². The van der Waals surface area contributed by atoms with Gasteiger partial charge in [-0.05, 0) is 44.0 Å². The Kier molecular flexibility index (Phi) is 4.01. The van der Waals surface area contributed by atoms with Gasteiger partial charge in [0.05, 0.1) is 29.7 Å². The summed E-state index contributed by atoms with van der Waals surface area (Å²) in [5.41, 5.74) is 2.88. The van der Waals surface area contributed by atoms with E-state index in [0.29, 0.717) is 29.8 Å². The predicted octanol–water partition coefficient (Wildman–Crippen LogP) is 3.56. The number of nitrogens with zero attached hydrogens (tertiary/aromatic N) is 3. The molecule has 4 rings (SSSR count). The number of H-pyrrole nitrogens is 1. The molecule has 140 valence electrons. The number of esters is 1. The van der Waals surface area contributed by atoms with Crippen LogP contribution in [0, 0.1) is 0 Å². The van der Waals surface area contributed by atoms with Gasteiger partial charge in [-0.25, -0.2) is 9.48 Å². The number of ether oxygens (including phenoxy) is 1. The molecular weight excluding hydrogens is 361 g/mol. The van der Waals surface area contributed by atoms with Crippen LogP contribution in [0.15, 0.2) is 30.5 Å². The van der Waals surface area contributed by atoms with Gasteiger partial charge in [-0.1, -0.05) is 0 Å². The van der Waals surface area contributed by atoms with Gasteiger partial charge in [-0.3, -0.25) is 5.10 Å². The molecule has 1 N–H and O–H groups in total. The van der Waals surface area contributed by atoms with E-state index in [-0.39, 0.29) is 12.3 Å². The number of carbonyl (C=O) groups is 1. The van der Waals surface area contributed by atoms with Crippen LogP contribution in [0.3, 0.4) is 0 Å². The maximum atomic E-state index is 12.8. The number of hydrogen-bond acceptors (Lipinski definition) is 4. The van der Waals surface area contributed by atoms with Gasteiger partial charge >= 0.3 is 12.1 Å². The Morgan fingerprint density at radius 2 is 2.00 bits per heavy atom. The quantitative estimate of drug-likeness (QED) is 0.710. The average Bonchev–Trinajstić information content (AvgIpc) is 3.25. The largest absolute Gasteiger partial charge is 0.461 e. The Bertz CT molecular complexity index is 1000. The number of hydrogen-bond donors (Lipinski definition) is 1. The van der Waals surface area contributed by atoms with Crippen LogP contribution in [-0.4, -0.2) is 32.6 Å². The average molecular weight is 376 g/mol. The van der Waals surface area contributed by atoms with E-state index in [1.54, 1.807) is 13.1 Å². The SMILES string of the molecule is CCOC(=O)c1nn(-c2ccc(C(F)(F)F)cc2)c2c1CCc1[nH]ncc1-2. The Labute approximate surface area is 152 Å². The number of nitrogens with one attached hydrogen (secondary N) is 1. The second-order valence-electron chi connectivity index (χ2n) is 6.11. The molecule has 0 fully saturated rings. The first-order valence-electron chi connectivity index (χ1n) is 8.39. The van der Waals surface area contributed by atoms with E-state index in [1.807, 2.05) is 0 Å². The second kappa shape index (κ2) is 6.26. The number of benzene rings is 1. The minimum atomic E-state index is -4.42. The van der Waals surface area contributed by atoms with Gasteiger partial charge in [-0.15, -0.1) is 0 Å². The van der Waals surface area contributed by atoms with Crippen LogP contribution in [0.1, 0.15) is 34.2 Å². The number of carbonyl (C=O) groups excluding carboxylic acids is 1. The van der Waals surface area contributed by atoms with Gasteiger partial charge < -0.3 is 4.74 Å². The number of fused-ring (bicyclic) bond motifs is 3. The predicted molar refractivity (Wildman–Crippen MR) is 89.5 cm³/mol. The molecule has 27 heavy (non-hydrogen) atoms. The van der Waals surface area contributed by atoms with Crippen molar-refractivity contribution in [1.29, 1.82) is 0 Å². The maximum absolute atomic E-state index is 12.8. The number of aromatic nitrogens is 4. The molecule has 0 aliphatic heterocycles. The number of aryl methyl sites for hydroxylation is 1. The highest BCUT2D eigenvalue weighted by Crippen LogP contribution is 2.37. The summed E-state index contributed by atoms with van der Waals surface area (Å²) in [6.07, 6.45) is -1.58. The molecular formula is C18H15F3N4O2. The zero-order valence-corrected chi connectivity index (χ0v) is 14.3. The zero-order chi connectivity index (χ0) is 19.2. The fourth-order valence-corrected chi connectivity index (χ4v) is 3.26. The molecule has 0 amide bonds. The summed E-state index contributed by atoms with van der Waals surface area (Å²) in [5, 5.41) is 11.3. The van der Waals surface area contributed by atoms with Gasteiger partial charge in [0.1, 0.15) is 0 Å². The summed E-state index contributed by atoms with van der Waals surface area (Å²) in [5.74, 6) is -0.550. The summed E-state index contributed by atoms with van der Waals surface area (Å²) in [4.78, 5) is 12.3. The lowest BCUT2D eigenvalue weighted by molar-refractivity contribution is -0.137. The first-order chi connectivity index (χ1) is 12.9. The highest BCUT2D eigenvalue weighted by molar-refractivity contribution is 5.92. The van der Waals surface area contributed by atoms with E-state index in [1.165, 1.54) is 16.8 Å². The van der Waals surface area contributed by atoms with Crippen molar-refractivity contribution in [2.45, 2.75) is 25.9 Å². The second-order valence-corrected chi connectivity index (χ2v) is 6.11. The fourth-order valence-electron chi connectivity index (χ4n) is 3.26. The summed E-state index contributed by atoms with van der Waals surface area (Å²) < 4.78 is 45.1. The number of halogens is 3. The zero-order valence-electron chi connectivity index (χ0n) is 14.3. The lowest BCUT2D eigenvalue weighted by Crippen LogP contribution is -2.10. The van der Waals surface area contributed by atoms with Crippen LogP contribution in [-0.2, 0) is 23.8 Å². The van der Waals surface area contributed by atoms with Crippen LogP contribution in [0.4, 0.5) is 13.2 Å². The molecule has 0 saturated heterocycles. The number of alkyl halides is 3. The summed E-state index contributed by atoms with van der Waals surface area (Å²) in [7, 11) is 0. The van der Waals surface area contributed by atoms with Crippen LogP contribution in [0.2, 0.25) is 0 Å². The highest BCUT2D eigenvalue weighted by atomic mass is 19.4. The molecule has 1 aliphatic carbocycles. The fraction of sp³-hybridized carbons (Fsp3) is 0.278. The molecule has 2 heterocycles. The van der Waals surface area contributed by atoms with Gasteiger partial charge in [0.2, 0.25) is 0 Å². The molecule has 1 aromatic carbocycles. The minimum absolute atomic E-state index is 0.179. The number of aromatic amines is 1. The number of rotatable bonds is 3. The molecule has 0 unspecified atom stereocenters. The molecule has 0 bridgehead atoms. The molecule has 0 spiro atoms. The van der Waals surface area contributed by atoms with E-state index in [9.17, 15) is 18.0 Å². The molecule has 6 nitrogen and oxygen atoms in total. The van der Waals surface area contributed by atoms with E-state index in [0.717, 1.165) is 23.4 Å². The maximum Gasteiger partial charge on any atom is 0.416 e. The van der Waals surface area contributed by atoms with Crippen molar-refractivity contribution in [2.75, 3.05) is 6.61 Å². The monoisotopic (exact) mass is 376 g/mol. The Morgan fingerprint density at radius 1 is 1.26 bits per heavy atom. The third-order valence-corrected chi connectivity index (χ3v) is 4.49. The standard InChI is InChI=1S/C18H15F3N4O2/c1-2-27-17(26)15-12-7-8-14-13(9-22-23-14)16(12)25(24-15)11-5-3-10(4-6-11)18(19,20)21/h3-6,9H,2,7-8H2,1H3,(H,22,23). The lowest BCUT2D eigenvalue weighted by Gasteiger charge is -2.15. The third-order valence-electron chi connectivity index (χ3n) is 4.49. The Morgan fingerprint density at radius 3 is 2.67 bits per heavy atom. The van der Waals surface area contributed by atoms with Crippen molar-refractivity contribution in [2.24, 2.45) is 0 Å². The lowest BCUT2D eigenvalue weighted by atomic mass is 9.94. The van der Waals surface area contributed by atoms with Gasteiger partial charge in [0.15, 0.2) is 5.69 Å². The first-order valence-corrected chi connectivity index (χ1v) is 8.39. The molecule has 3 aromatic rings. The molecule has 9 heteroatoms. The summed E-state index contributed by atoms with van der Waals surface area (Å²) in [6.45, 7) is 1.91. The minimum Gasteiger partial charge on any atom is -0.461 e. The molecule has 2 aromatic heterocycles. The van der Waals surface area contributed by atoms with Crippen molar-refractivity contribution in [3.63, 3.8) is 0 Å². The van der Waals surface area contributed by atoms with Crippen LogP contribution < -0.4 is 0 Å². The molecule has 0 radical (unpaired) electrons. The first kappa shape index (κ1) is 17.3. The van der Waals surface area contributed by atoms with E-state index in [2.05, 4.69) is 15.3 Å². The smallest absolute Gasteiger partial charge is 0.416 e. The normalized spacial score (nSPS) is 13.2. The van der Waals surface area contributed by atoms with Gasteiger partial charge in [0.25, 0.3) is 0 Å². The van der Waals surface area contributed by atoms with E-state index >= 15 is 0 Å². The van der Waals surface area contributed by atoms with Crippen LogP contribution in [0.25, 0.3) is 16.9 Å². The highest BCUT2D eigenvalue weighted by Gasteiger charge is 2.32. The van der Waals surface area contributed by atoms with Gasteiger partial charge in [0, 0.05) is 16.8 Å². The summed E-state index contributed by atoms with van der Waals surface area (Å²) >= 11 is 0. The van der Waals surface area contributed by atoms with Crippen LogP contribution in [0.5, 0.6) is 0 Å². The Balaban J connectivity index is 1.87. The summed E-state index contributed by atoms with van der Waals surface area (Å²) in [6, 6.07) is 4.65. The third kappa shape index (κ3) is 2.88. The topological polar surface area (TPSA) is 72.8 Å². The van der Waals surface area contributed by atoms with Crippen molar-refractivity contribution >= 4 is 5.97 Å². The van der Waals surface area contributed by atoms with Crippen molar-refractivity contribution in [1.82, 2.24) is 20.0 Å². The van der Waals surface area contributed by atoms with Crippen molar-refractivity contribution in [3.05, 3.63) is 53.0 Å². The molecule has 0 saturated carbocycles. The molecule has 1 aliphatic rings.